The Hall–Kier alpha value is -1.91. The minimum atomic E-state index is -0.162. The lowest BCUT2D eigenvalue weighted by Crippen LogP contribution is -2.59. The summed E-state index contributed by atoms with van der Waals surface area (Å²) in [5.41, 5.74) is 2.42. The van der Waals surface area contributed by atoms with Crippen molar-refractivity contribution in [1.82, 2.24) is 9.80 Å². The zero-order valence-corrected chi connectivity index (χ0v) is 14.9. The summed E-state index contributed by atoms with van der Waals surface area (Å²) in [7, 11) is 0. The van der Waals surface area contributed by atoms with E-state index < -0.39 is 0 Å². The number of likely N-dealkylation sites (tertiary alicyclic amines) is 1. The molecule has 2 aromatic carbocycles. The zero-order chi connectivity index (χ0) is 17.7. The van der Waals surface area contributed by atoms with E-state index in [9.17, 15) is 9.50 Å². The second-order valence-corrected chi connectivity index (χ2v) is 8.11. The highest BCUT2D eigenvalue weighted by Crippen LogP contribution is 2.47. The van der Waals surface area contributed by atoms with Gasteiger partial charge in [-0.05, 0) is 67.2 Å². The Morgan fingerprint density at radius 2 is 1.77 bits per heavy atom. The van der Waals surface area contributed by atoms with Crippen molar-refractivity contribution >= 4 is 0 Å². The molecule has 4 saturated heterocycles. The monoisotopic (exact) mass is 352 g/mol. The first-order chi connectivity index (χ1) is 12.7. The summed E-state index contributed by atoms with van der Waals surface area (Å²) in [6.07, 6.45) is 2.57. The van der Waals surface area contributed by atoms with E-state index in [4.69, 9.17) is 0 Å². The maximum absolute atomic E-state index is 13.4. The average molecular weight is 352 g/mol. The predicted molar refractivity (Wildman–Crippen MR) is 99.5 cm³/mol. The number of rotatable bonds is 3. The maximum atomic E-state index is 13.4. The van der Waals surface area contributed by atoms with Gasteiger partial charge in [-0.25, -0.2) is 4.39 Å². The summed E-state index contributed by atoms with van der Waals surface area (Å²) in [6.45, 7) is 4.27. The number of fused-ring (bicyclic) bond motifs is 2. The van der Waals surface area contributed by atoms with Gasteiger partial charge in [0.15, 0.2) is 0 Å². The molecule has 0 amide bonds. The molecule has 3 nitrogen and oxygen atoms in total. The van der Waals surface area contributed by atoms with E-state index in [1.807, 2.05) is 24.3 Å². The molecule has 4 aliphatic heterocycles. The number of nitrogens with zero attached hydrogens (tertiary/aromatic N) is 2. The van der Waals surface area contributed by atoms with Gasteiger partial charge in [0.2, 0.25) is 0 Å². The third-order valence-electron chi connectivity index (χ3n) is 6.69. The van der Waals surface area contributed by atoms with Crippen LogP contribution in [0.15, 0.2) is 48.5 Å². The molecular weight excluding hydrogens is 327 g/mol. The van der Waals surface area contributed by atoms with Crippen molar-refractivity contribution < 1.29 is 9.50 Å². The number of hydrogen-bond acceptors (Lipinski definition) is 3. The van der Waals surface area contributed by atoms with E-state index in [2.05, 4.69) is 15.9 Å². The topological polar surface area (TPSA) is 26.7 Å². The summed E-state index contributed by atoms with van der Waals surface area (Å²) in [5, 5.41) is 9.82. The predicted octanol–water partition coefficient (Wildman–Crippen LogP) is 3.59. The minimum absolute atomic E-state index is 0.162. The van der Waals surface area contributed by atoms with Crippen LogP contribution in [0.2, 0.25) is 0 Å². The van der Waals surface area contributed by atoms with Crippen molar-refractivity contribution in [3.05, 3.63) is 65.5 Å². The van der Waals surface area contributed by atoms with Crippen molar-refractivity contribution in [3.8, 4) is 5.75 Å². The van der Waals surface area contributed by atoms with E-state index in [-0.39, 0.29) is 5.82 Å². The normalized spacial score (nSPS) is 33.3. The van der Waals surface area contributed by atoms with Crippen LogP contribution >= 0.6 is 0 Å². The van der Waals surface area contributed by atoms with Gasteiger partial charge in [0.25, 0.3) is 0 Å². The number of phenolic OH excluding ortho intramolecular Hbond substituents is 1. The Morgan fingerprint density at radius 3 is 2.50 bits per heavy atom. The molecule has 0 radical (unpaired) electrons. The Labute approximate surface area is 154 Å². The number of halogens is 1. The summed E-state index contributed by atoms with van der Waals surface area (Å²) in [5.74, 6) is 1.36. The van der Waals surface area contributed by atoms with Crippen molar-refractivity contribution in [3.63, 3.8) is 0 Å². The molecule has 4 heteroatoms. The fraction of sp³-hybridized carbons (Fsp3) is 0.455. The first-order valence-electron chi connectivity index (χ1n) is 9.70. The largest absolute Gasteiger partial charge is 0.508 e. The van der Waals surface area contributed by atoms with Crippen molar-refractivity contribution in [2.45, 2.75) is 37.4 Å². The van der Waals surface area contributed by atoms with Gasteiger partial charge in [-0.1, -0.05) is 24.3 Å². The molecule has 2 aromatic rings. The van der Waals surface area contributed by atoms with Crippen molar-refractivity contribution in [2.75, 3.05) is 19.6 Å². The number of hydrogen-bond donors (Lipinski definition) is 1. The highest BCUT2D eigenvalue weighted by Gasteiger charge is 2.53. The van der Waals surface area contributed by atoms with Gasteiger partial charge in [0.05, 0.1) is 0 Å². The van der Waals surface area contributed by atoms with Crippen LogP contribution in [0.4, 0.5) is 4.39 Å². The molecule has 136 valence electrons. The lowest BCUT2D eigenvalue weighted by Gasteiger charge is -2.51. The smallest absolute Gasteiger partial charge is 0.123 e. The van der Waals surface area contributed by atoms with Gasteiger partial charge in [-0.3, -0.25) is 9.80 Å². The van der Waals surface area contributed by atoms with E-state index in [0.29, 0.717) is 23.8 Å². The second kappa shape index (κ2) is 6.36. The van der Waals surface area contributed by atoms with Crippen LogP contribution in [0.3, 0.4) is 0 Å². The molecule has 1 N–H and O–H groups in total. The third kappa shape index (κ3) is 2.72. The van der Waals surface area contributed by atoms with E-state index in [1.165, 1.54) is 37.1 Å². The van der Waals surface area contributed by atoms with Gasteiger partial charge >= 0.3 is 0 Å². The Morgan fingerprint density at radius 1 is 1.00 bits per heavy atom. The SMILES string of the molecule is Oc1cccc(CN2C[C@@H](c3ccc(F)cc3)[C@@H]3[C@H]2C2CCN3CC2)c1. The van der Waals surface area contributed by atoms with Crippen LogP contribution in [0.5, 0.6) is 5.75 Å². The van der Waals surface area contributed by atoms with E-state index in [0.717, 1.165) is 19.0 Å². The first kappa shape index (κ1) is 16.3. The Balaban J connectivity index is 1.47. The van der Waals surface area contributed by atoms with E-state index >= 15 is 0 Å². The quantitative estimate of drug-likeness (QED) is 0.914. The minimum Gasteiger partial charge on any atom is -0.508 e. The first-order valence-corrected chi connectivity index (χ1v) is 9.70. The molecule has 4 heterocycles. The summed E-state index contributed by atoms with van der Waals surface area (Å²) in [4.78, 5) is 5.28. The molecule has 0 unspecified atom stereocenters. The summed E-state index contributed by atoms with van der Waals surface area (Å²) in [6, 6.07) is 15.9. The maximum Gasteiger partial charge on any atom is 0.123 e. The van der Waals surface area contributed by atoms with Gasteiger partial charge in [0.1, 0.15) is 11.6 Å². The molecule has 6 rings (SSSR count). The highest BCUT2D eigenvalue weighted by atomic mass is 19.1. The molecular formula is C22H25FN2O. The number of aromatic hydroxyl groups is 1. The Kier molecular flexibility index (Phi) is 3.98. The number of piperidine rings is 3. The van der Waals surface area contributed by atoms with Crippen LogP contribution < -0.4 is 0 Å². The highest BCUT2D eigenvalue weighted by molar-refractivity contribution is 5.30. The standard InChI is InChI=1S/C22H25FN2O/c23-18-6-4-16(5-7-18)20-14-25(13-15-2-1-3-19(26)12-15)21-17-8-10-24(11-9-17)22(20)21/h1-7,12,17,20-22,26H,8-11,13-14H2/t20-,21+,22+/m0/s1. The molecule has 0 saturated carbocycles. The summed E-state index contributed by atoms with van der Waals surface area (Å²) < 4.78 is 13.4. The summed E-state index contributed by atoms with van der Waals surface area (Å²) >= 11 is 0. The molecule has 4 fully saturated rings. The molecule has 0 aliphatic carbocycles. The molecule has 2 bridgehead atoms. The van der Waals surface area contributed by atoms with Gasteiger partial charge in [-0.15, -0.1) is 0 Å². The van der Waals surface area contributed by atoms with Crippen LogP contribution in [0.1, 0.15) is 29.9 Å². The molecule has 0 spiro atoms. The van der Waals surface area contributed by atoms with Crippen molar-refractivity contribution in [2.24, 2.45) is 5.92 Å². The third-order valence-corrected chi connectivity index (χ3v) is 6.69. The number of benzene rings is 2. The lowest BCUT2D eigenvalue weighted by atomic mass is 9.75. The van der Waals surface area contributed by atoms with Gasteiger partial charge in [0, 0.05) is 31.1 Å². The lowest BCUT2D eigenvalue weighted by molar-refractivity contribution is -0.00870. The Bertz CT molecular complexity index is 785. The average Bonchev–Trinajstić information content (AvgIpc) is 3.05. The van der Waals surface area contributed by atoms with Crippen LogP contribution in [0.25, 0.3) is 0 Å². The zero-order valence-electron chi connectivity index (χ0n) is 14.9. The van der Waals surface area contributed by atoms with Gasteiger partial charge in [-0.2, -0.15) is 0 Å². The second-order valence-electron chi connectivity index (χ2n) is 8.11. The van der Waals surface area contributed by atoms with Crippen LogP contribution in [-0.2, 0) is 6.54 Å². The molecule has 3 atom stereocenters. The fourth-order valence-electron chi connectivity index (χ4n) is 5.61. The van der Waals surface area contributed by atoms with Crippen LogP contribution in [0, 0.1) is 11.7 Å². The van der Waals surface area contributed by atoms with Crippen LogP contribution in [-0.4, -0.2) is 46.6 Å². The van der Waals surface area contributed by atoms with Gasteiger partial charge < -0.3 is 5.11 Å². The number of phenols is 1. The van der Waals surface area contributed by atoms with E-state index in [1.54, 1.807) is 18.2 Å². The fourth-order valence-corrected chi connectivity index (χ4v) is 5.61. The molecule has 26 heavy (non-hydrogen) atoms. The van der Waals surface area contributed by atoms with Crippen molar-refractivity contribution in [1.29, 1.82) is 0 Å². The molecule has 4 aliphatic rings. The molecule has 0 aromatic heterocycles.